The number of aliphatic hydroxyl groups is 1. The molecule has 0 saturated heterocycles. The van der Waals surface area contributed by atoms with E-state index in [0.717, 1.165) is 25.7 Å². The van der Waals surface area contributed by atoms with Gasteiger partial charge < -0.3 is 20.2 Å². The Hall–Kier alpha value is -1.82. The van der Waals surface area contributed by atoms with Gasteiger partial charge in [-0.15, -0.1) is 0 Å². The van der Waals surface area contributed by atoms with Crippen LogP contribution in [-0.2, 0) is 4.79 Å². The number of hydrogen-bond donors (Lipinski definition) is 3. The quantitative estimate of drug-likeness (QED) is 0.757. The van der Waals surface area contributed by atoms with Gasteiger partial charge in [0.1, 0.15) is 12.3 Å². The highest BCUT2D eigenvalue weighted by molar-refractivity contribution is 5.97. The van der Waals surface area contributed by atoms with Crippen molar-refractivity contribution in [2.75, 3.05) is 6.61 Å². The molecule has 0 aliphatic heterocycles. The van der Waals surface area contributed by atoms with E-state index >= 15 is 0 Å². The number of rotatable bonds is 5. The van der Waals surface area contributed by atoms with Gasteiger partial charge in [-0.25, -0.2) is 0 Å². The first-order valence-electron chi connectivity index (χ1n) is 7.34. The Morgan fingerprint density at radius 2 is 2.10 bits per heavy atom. The van der Waals surface area contributed by atoms with Crippen molar-refractivity contribution < 1.29 is 19.1 Å². The summed E-state index contributed by atoms with van der Waals surface area (Å²) in [5, 5.41) is 14.7. The Morgan fingerprint density at radius 3 is 2.67 bits per heavy atom. The van der Waals surface area contributed by atoms with Crippen LogP contribution in [0.1, 0.15) is 43.0 Å². The SMILES string of the molecule is CC(NC(=O)c1ccoc1)C(=O)NC1CCC(CO)CC1. The van der Waals surface area contributed by atoms with E-state index in [2.05, 4.69) is 10.6 Å². The molecular weight excluding hydrogens is 272 g/mol. The van der Waals surface area contributed by atoms with Gasteiger partial charge >= 0.3 is 0 Å². The van der Waals surface area contributed by atoms with Gasteiger partial charge in [-0.1, -0.05) is 0 Å². The molecule has 116 valence electrons. The topological polar surface area (TPSA) is 91.6 Å². The molecule has 6 nitrogen and oxygen atoms in total. The van der Waals surface area contributed by atoms with Crippen molar-refractivity contribution in [1.82, 2.24) is 10.6 Å². The van der Waals surface area contributed by atoms with Crippen LogP contribution in [0.15, 0.2) is 23.0 Å². The van der Waals surface area contributed by atoms with E-state index in [-0.39, 0.29) is 24.5 Å². The van der Waals surface area contributed by atoms with E-state index in [0.29, 0.717) is 11.5 Å². The summed E-state index contributed by atoms with van der Waals surface area (Å²) in [6, 6.07) is 1.09. The molecule has 0 spiro atoms. The monoisotopic (exact) mass is 294 g/mol. The molecule has 0 bridgehead atoms. The van der Waals surface area contributed by atoms with Gasteiger partial charge in [-0.2, -0.15) is 0 Å². The maximum Gasteiger partial charge on any atom is 0.255 e. The zero-order chi connectivity index (χ0) is 15.2. The Kier molecular flexibility index (Phi) is 5.38. The lowest BCUT2D eigenvalue weighted by atomic mass is 9.86. The predicted octanol–water partition coefficient (Wildman–Crippen LogP) is 1.07. The van der Waals surface area contributed by atoms with E-state index in [9.17, 15) is 9.59 Å². The molecule has 1 fully saturated rings. The first-order valence-corrected chi connectivity index (χ1v) is 7.34. The minimum Gasteiger partial charge on any atom is -0.472 e. The van der Waals surface area contributed by atoms with Crippen LogP contribution in [0.4, 0.5) is 0 Å². The van der Waals surface area contributed by atoms with E-state index in [1.807, 2.05) is 0 Å². The summed E-state index contributed by atoms with van der Waals surface area (Å²) in [4.78, 5) is 23.9. The van der Waals surface area contributed by atoms with Crippen LogP contribution in [-0.4, -0.2) is 35.6 Å². The minimum atomic E-state index is -0.594. The fourth-order valence-electron chi connectivity index (χ4n) is 2.55. The standard InChI is InChI=1S/C15H22N2O4/c1-10(16-15(20)12-6-7-21-9-12)14(19)17-13-4-2-11(8-18)3-5-13/h6-7,9-11,13,18H,2-5,8H2,1H3,(H,16,20)(H,17,19). The van der Waals surface area contributed by atoms with Crippen molar-refractivity contribution in [3.63, 3.8) is 0 Å². The highest BCUT2D eigenvalue weighted by Gasteiger charge is 2.24. The molecule has 1 heterocycles. The van der Waals surface area contributed by atoms with Crippen LogP contribution in [0.2, 0.25) is 0 Å². The lowest BCUT2D eigenvalue weighted by molar-refractivity contribution is -0.123. The number of nitrogens with one attached hydrogen (secondary N) is 2. The summed E-state index contributed by atoms with van der Waals surface area (Å²) >= 11 is 0. The van der Waals surface area contributed by atoms with Crippen molar-refractivity contribution in [3.05, 3.63) is 24.2 Å². The number of carbonyl (C=O) groups is 2. The van der Waals surface area contributed by atoms with E-state index in [1.165, 1.54) is 12.5 Å². The van der Waals surface area contributed by atoms with Crippen LogP contribution in [0.3, 0.4) is 0 Å². The second-order valence-electron chi connectivity index (χ2n) is 5.62. The van der Waals surface area contributed by atoms with Crippen molar-refractivity contribution in [2.45, 2.75) is 44.7 Å². The summed E-state index contributed by atoms with van der Waals surface area (Å²) in [5.74, 6) is -0.147. The van der Waals surface area contributed by atoms with Crippen LogP contribution < -0.4 is 10.6 Å². The molecule has 21 heavy (non-hydrogen) atoms. The van der Waals surface area contributed by atoms with Crippen LogP contribution in [0.5, 0.6) is 0 Å². The number of aliphatic hydroxyl groups excluding tert-OH is 1. The van der Waals surface area contributed by atoms with E-state index < -0.39 is 6.04 Å². The maximum atomic E-state index is 12.1. The summed E-state index contributed by atoms with van der Waals surface area (Å²) < 4.78 is 4.84. The Balaban J connectivity index is 1.76. The zero-order valence-electron chi connectivity index (χ0n) is 12.2. The van der Waals surface area contributed by atoms with Crippen LogP contribution in [0.25, 0.3) is 0 Å². The van der Waals surface area contributed by atoms with Gasteiger partial charge in [0, 0.05) is 12.6 Å². The average Bonchev–Trinajstić information content (AvgIpc) is 3.02. The summed E-state index contributed by atoms with van der Waals surface area (Å²) in [5.41, 5.74) is 0.401. The minimum absolute atomic E-state index is 0.133. The summed E-state index contributed by atoms with van der Waals surface area (Å²) in [6.45, 7) is 1.88. The lowest BCUT2D eigenvalue weighted by Gasteiger charge is -2.28. The fourth-order valence-corrected chi connectivity index (χ4v) is 2.55. The molecule has 1 aliphatic carbocycles. The van der Waals surface area contributed by atoms with Gasteiger partial charge in [0.05, 0.1) is 11.8 Å². The lowest BCUT2D eigenvalue weighted by Crippen LogP contribution is -2.48. The normalized spacial score (nSPS) is 23.3. The largest absolute Gasteiger partial charge is 0.472 e. The molecule has 0 radical (unpaired) electrons. The summed E-state index contributed by atoms with van der Waals surface area (Å²) in [7, 11) is 0. The average molecular weight is 294 g/mol. The van der Waals surface area contributed by atoms with Crippen molar-refractivity contribution in [1.29, 1.82) is 0 Å². The second kappa shape index (κ2) is 7.26. The van der Waals surface area contributed by atoms with Crippen molar-refractivity contribution >= 4 is 11.8 Å². The molecular formula is C15H22N2O4. The Bertz CT molecular complexity index is 464. The van der Waals surface area contributed by atoms with Gasteiger partial charge in [-0.3, -0.25) is 9.59 Å². The molecule has 0 aromatic carbocycles. The molecule has 1 aromatic heterocycles. The van der Waals surface area contributed by atoms with Gasteiger partial charge in [-0.05, 0) is 44.6 Å². The molecule has 2 rings (SSSR count). The third-order valence-electron chi connectivity index (χ3n) is 3.98. The van der Waals surface area contributed by atoms with Crippen molar-refractivity contribution in [3.8, 4) is 0 Å². The fraction of sp³-hybridized carbons (Fsp3) is 0.600. The number of furan rings is 1. The number of carbonyl (C=O) groups excluding carboxylic acids is 2. The zero-order valence-corrected chi connectivity index (χ0v) is 12.2. The molecule has 1 unspecified atom stereocenters. The smallest absolute Gasteiger partial charge is 0.255 e. The third-order valence-corrected chi connectivity index (χ3v) is 3.98. The number of hydrogen-bond acceptors (Lipinski definition) is 4. The Labute approximate surface area is 123 Å². The van der Waals surface area contributed by atoms with Crippen LogP contribution in [0, 0.1) is 5.92 Å². The summed E-state index contributed by atoms with van der Waals surface area (Å²) in [6.07, 6.45) is 6.36. The highest BCUT2D eigenvalue weighted by Crippen LogP contribution is 2.23. The van der Waals surface area contributed by atoms with Crippen molar-refractivity contribution in [2.24, 2.45) is 5.92 Å². The van der Waals surface area contributed by atoms with Gasteiger partial charge in [0.25, 0.3) is 5.91 Å². The molecule has 6 heteroatoms. The second-order valence-corrected chi connectivity index (χ2v) is 5.62. The van der Waals surface area contributed by atoms with Crippen LogP contribution >= 0.6 is 0 Å². The predicted molar refractivity (Wildman–Crippen MR) is 76.6 cm³/mol. The molecule has 2 amide bonds. The first-order chi connectivity index (χ1) is 10.1. The van der Waals surface area contributed by atoms with Gasteiger partial charge in [0.2, 0.25) is 5.91 Å². The highest BCUT2D eigenvalue weighted by atomic mass is 16.3. The van der Waals surface area contributed by atoms with E-state index in [1.54, 1.807) is 13.0 Å². The third kappa shape index (κ3) is 4.32. The molecule has 1 saturated carbocycles. The molecule has 1 aliphatic rings. The van der Waals surface area contributed by atoms with E-state index in [4.69, 9.17) is 9.52 Å². The maximum absolute atomic E-state index is 12.1. The Morgan fingerprint density at radius 1 is 1.38 bits per heavy atom. The molecule has 1 atom stereocenters. The van der Waals surface area contributed by atoms with Gasteiger partial charge in [0.15, 0.2) is 0 Å². The molecule has 3 N–H and O–H groups in total. The molecule has 1 aromatic rings. The first kappa shape index (κ1) is 15.6. The number of amides is 2.